The Morgan fingerprint density at radius 3 is 2.24 bits per heavy atom. The van der Waals surface area contributed by atoms with Gasteiger partial charge < -0.3 is 5.32 Å². The normalized spacial score (nSPS) is 10.5. The summed E-state index contributed by atoms with van der Waals surface area (Å²) in [5.41, 5.74) is 2.66. The summed E-state index contributed by atoms with van der Waals surface area (Å²) in [6.45, 7) is 0.574. The molecule has 88 valence electrons. The fraction of sp³-hybridized carbons (Fsp3) is 0.143. The molecule has 0 aliphatic carbocycles. The van der Waals surface area contributed by atoms with Gasteiger partial charge in [-0.15, -0.1) is 0 Å². The first-order chi connectivity index (χ1) is 8.20. The second-order valence-corrected chi connectivity index (χ2v) is 3.84. The van der Waals surface area contributed by atoms with Gasteiger partial charge in [0.2, 0.25) is 0 Å². The Morgan fingerprint density at radius 1 is 0.941 bits per heavy atom. The highest BCUT2D eigenvalue weighted by molar-refractivity contribution is 5.67. The van der Waals surface area contributed by atoms with Gasteiger partial charge in [-0.25, -0.2) is 8.78 Å². The lowest BCUT2D eigenvalue weighted by Crippen LogP contribution is -2.06. The maximum Gasteiger partial charge on any atom is 0.123 e. The van der Waals surface area contributed by atoms with E-state index in [4.69, 9.17) is 0 Å². The van der Waals surface area contributed by atoms with Crippen molar-refractivity contribution in [3.05, 3.63) is 59.7 Å². The molecule has 0 atom stereocenters. The van der Waals surface area contributed by atoms with Crippen LogP contribution in [0.2, 0.25) is 0 Å². The molecule has 2 aromatic carbocycles. The van der Waals surface area contributed by atoms with Crippen LogP contribution in [0.25, 0.3) is 11.1 Å². The highest BCUT2D eigenvalue weighted by Crippen LogP contribution is 2.24. The topological polar surface area (TPSA) is 12.0 Å². The van der Waals surface area contributed by atoms with Crippen LogP contribution in [0, 0.1) is 11.6 Å². The molecule has 17 heavy (non-hydrogen) atoms. The van der Waals surface area contributed by atoms with Crippen LogP contribution in [0.1, 0.15) is 5.56 Å². The van der Waals surface area contributed by atoms with E-state index in [1.807, 2.05) is 0 Å². The zero-order valence-electron chi connectivity index (χ0n) is 9.50. The molecule has 2 aromatic rings. The van der Waals surface area contributed by atoms with Crippen molar-refractivity contribution in [3.63, 3.8) is 0 Å². The van der Waals surface area contributed by atoms with Crippen LogP contribution in [0.15, 0.2) is 42.5 Å². The second-order valence-electron chi connectivity index (χ2n) is 3.84. The van der Waals surface area contributed by atoms with Gasteiger partial charge in [0.05, 0.1) is 0 Å². The molecule has 0 spiro atoms. The quantitative estimate of drug-likeness (QED) is 0.857. The predicted molar refractivity (Wildman–Crippen MR) is 64.6 cm³/mol. The Morgan fingerprint density at radius 2 is 1.59 bits per heavy atom. The van der Waals surface area contributed by atoms with E-state index in [0.29, 0.717) is 6.54 Å². The van der Waals surface area contributed by atoms with Gasteiger partial charge in [-0.05, 0) is 48.0 Å². The lowest BCUT2D eigenvalue weighted by Gasteiger charge is -2.09. The number of hydrogen-bond donors (Lipinski definition) is 1. The van der Waals surface area contributed by atoms with Crippen molar-refractivity contribution in [3.8, 4) is 11.1 Å². The number of hydrogen-bond acceptors (Lipinski definition) is 1. The summed E-state index contributed by atoms with van der Waals surface area (Å²) in [5.74, 6) is -0.535. The SMILES string of the molecule is CNCc1cc(F)ccc1-c1ccc(F)cc1. The molecule has 0 radical (unpaired) electrons. The first-order valence-corrected chi connectivity index (χ1v) is 5.39. The van der Waals surface area contributed by atoms with E-state index in [1.165, 1.54) is 24.3 Å². The molecule has 0 bridgehead atoms. The smallest absolute Gasteiger partial charge is 0.123 e. The lowest BCUT2D eigenvalue weighted by molar-refractivity contribution is 0.623. The van der Waals surface area contributed by atoms with Gasteiger partial charge in [0.25, 0.3) is 0 Å². The molecule has 0 unspecified atom stereocenters. The van der Waals surface area contributed by atoms with Crippen molar-refractivity contribution in [1.29, 1.82) is 0 Å². The first kappa shape index (κ1) is 11.7. The molecule has 0 saturated carbocycles. The van der Waals surface area contributed by atoms with Gasteiger partial charge in [0, 0.05) is 6.54 Å². The van der Waals surface area contributed by atoms with Crippen molar-refractivity contribution in [1.82, 2.24) is 5.32 Å². The summed E-state index contributed by atoms with van der Waals surface area (Å²) < 4.78 is 26.0. The van der Waals surface area contributed by atoms with E-state index in [2.05, 4.69) is 5.32 Å². The minimum absolute atomic E-state index is 0.263. The minimum Gasteiger partial charge on any atom is -0.316 e. The summed E-state index contributed by atoms with van der Waals surface area (Å²) in [6, 6.07) is 10.8. The largest absolute Gasteiger partial charge is 0.316 e. The summed E-state index contributed by atoms with van der Waals surface area (Å²) in [6.07, 6.45) is 0. The number of benzene rings is 2. The van der Waals surface area contributed by atoms with E-state index in [-0.39, 0.29) is 11.6 Å². The number of halogens is 2. The zero-order chi connectivity index (χ0) is 12.3. The average Bonchev–Trinajstić information content (AvgIpc) is 2.31. The zero-order valence-corrected chi connectivity index (χ0v) is 9.50. The Kier molecular flexibility index (Phi) is 3.49. The van der Waals surface area contributed by atoms with Crippen molar-refractivity contribution in [2.45, 2.75) is 6.54 Å². The van der Waals surface area contributed by atoms with Crippen molar-refractivity contribution in [2.75, 3.05) is 7.05 Å². The van der Waals surface area contributed by atoms with Gasteiger partial charge in [0.1, 0.15) is 11.6 Å². The second kappa shape index (κ2) is 5.06. The average molecular weight is 233 g/mol. The Labute approximate surface area is 99.1 Å². The standard InChI is InChI=1S/C14H13F2N/c1-17-9-11-8-13(16)6-7-14(11)10-2-4-12(15)5-3-10/h2-8,17H,9H2,1H3. The van der Waals surface area contributed by atoms with E-state index < -0.39 is 0 Å². The highest BCUT2D eigenvalue weighted by atomic mass is 19.1. The van der Waals surface area contributed by atoms with Crippen LogP contribution in [0.5, 0.6) is 0 Å². The van der Waals surface area contributed by atoms with Crippen LogP contribution in [-0.4, -0.2) is 7.05 Å². The summed E-state index contributed by atoms with van der Waals surface area (Å²) in [4.78, 5) is 0. The Balaban J connectivity index is 2.46. The van der Waals surface area contributed by atoms with Crippen molar-refractivity contribution >= 4 is 0 Å². The molecule has 0 saturated heterocycles. The molecule has 0 amide bonds. The molecule has 3 heteroatoms. The van der Waals surface area contributed by atoms with Gasteiger partial charge in [-0.2, -0.15) is 0 Å². The van der Waals surface area contributed by atoms with Crippen LogP contribution in [0.3, 0.4) is 0 Å². The van der Waals surface area contributed by atoms with Crippen LogP contribution < -0.4 is 5.32 Å². The summed E-state index contributed by atoms with van der Waals surface area (Å²) in [7, 11) is 1.80. The van der Waals surface area contributed by atoms with E-state index in [9.17, 15) is 8.78 Å². The Hall–Kier alpha value is -1.74. The summed E-state index contributed by atoms with van der Waals surface area (Å²) in [5, 5.41) is 2.99. The third-order valence-corrected chi connectivity index (χ3v) is 2.59. The van der Waals surface area contributed by atoms with Gasteiger partial charge in [-0.1, -0.05) is 18.2 Å². The van der Waals surface area contributed by atoms with Crippen LogP contribution in [-0.2, 0) is 6.54 Å². The maximum absolute atomic E-state index is 13.2. The fourth-order valence-corrected chi connectivity index (χ4v) is 1.81. The third kappa shape index (κ3) is 2.68. The molecule has 2 rings (SSSR count). The molecule has 0 aliphatic heterocycles. The molecule has 1 N–H and O–H groups in total. The van der Waals surface area contributed by atoms with Crippen molar-refractivity contribution < 1.29 is 8.78 Å². The number of nitrogens with one attached hydrogen (secondary N) is 1. The molecule has 0 aliphatic rings. The van der Waals surface area contributed by atoms with Gasteiger partial charge in [0.15, 0.2) is 0 Å². The van der Waals surface area contributed by atoms with E-state index in [1.54, 1.807) is 25.2 Å². The third-order valence-electron chi connectivity index (χ3n) is 2.59. The molecular formula is C14H13F2N. The fourth-order valence-electron chi connectivity index (χ4n) is 1.81. The van der Waals surface area contributed by atoms with Gasteiger partial charge in [-0.3, -0.25) is 0 Å². The van der Waals surface area contributed by atoms with Gasteiger partial charge >= 0.3 is 0 Å². The lowest BCUT2D eigenvalue weighted by atomic mass is 9.99. The summed E-state index contributed by atoms with van der Waals surface area (Å²) >= 11 is 0. The monoisotopic (exact) mass is 233 g/mol. The molecular weight excluding hydrogens is 220 g/mol. The molecule has 1 nitrogen and oxygen atoms in total. The van der Waals surface area contributed by atoms with E-state index in [0.717, 1.165) is 16.7 Å². The molecule has 0 aromatic heterocycles. The Bertz CT molecular complexity index is 506. The first-order valence-electron chi connectivity index (χ1n) is 5.39. The van der Waals surface area contributed by atoms with E-state index >= 15 is 0 Å². The van der Waals surface area contributed by atoms with Crippen LogP contribution >= 0.6 is 0 Å². The highest BCUT2D eigenvalue weighted by Gasteiger charge is 2.06. The van der Waals surface area contributed by atoms with Crippen molar-refractivity contribution in [2.24, 2.45) is 0 Å². The maximum atomic E-state index is 13.2. The minimum atomic E-state index is -0.272. The molecule has 0 heterocycles. The number of rotatable bonds is 3. The van der Waals surface area contributed by atoms with Crippen LogP contribution in [0.4, 0.5) is 8.78 Å². The molecule has 0 fully saturated rings. The predicted octanol–water partition coefficient (Wildman–Crippen LogP) is 3.35.